The van der Waals surface area contributed by atoms with E-state index < -0.39 is 0 Å². The highest BCUT2D eigenvalue weighted by atomic mass is 32.1. The topological polar surface area (TPSA) is 30.7 Å². The summed E-state index contributed by atoms with van der Waals surface area (Å²) in [5, 5.41) is 3.84. The molecule has 4 aromatic heterocycles. The van der Waals surface area contributed by atoms with E-state index >= 15 is 0 Å². The van der Waals surface area contributed by atoms with E-state index in [4.69, 9.17) is 4.98 Å². The zero-order valence-electron chi connectivity index (χ0n) is 17.1. The molecule has 3 aromatic carbocycles. The Bertz CT molecular complexity index is 1760. The molecule has 7 rings (SSSR count). The molecular weight excluding hydrogens is 410 g/mol. The fourth-order valence-electron chi connectivity index (χ4n) is 4.71. The third-order valence-corrected chi connectivity index (χ3v) is 7.35. The maximum Gasteiger partial charge on any atom is 0.0977 e. The largest absolute Gasteiger partial charge is 0.308 e. The lowest BCUT2D eigenvalue weighted by Crippen LogP contribution is -1.93. The number of benzene rings is 3. The standard InChI is InChI=1S/C28H17N3S/c1-2-8-25-21(6-1)22-13-14-23-26(28(22)32-25)27-24(7-4-16-30-27)31(23)20-11-9-18(10-12-20)19-5-3-15-29-17-19/h1-17H. The van der Waals surface area contributed by atoms with Gasteiger partial charge in [0.2, 0.25) is 0 Å². The Morgan fingerprint density at radius 2 is 1.53 bits per heavy atom. The number of aromatic nitrogens is 3. The van der Waals surface area contributed by atoms with Crippen LogP contribution < -0.4 is 0 Å². The second-order valence-corrected chi connectivity index (χ2v) is 8.98. The van der Waals surface area contributed by atoms with Crippen LogP contribution in [-0.4, -0.2) is 14.5 Å². The molecule has 3 nitrogen and oxygen atoms in total. The lowest BCUT2D eigenvalue weighted by Gasteiger charge is -2.09. The summed E-state index contributed by atoms with van der Waals surface area (Å²) in [6, 6.07) is 30.1. The van der Waals surface area contributed by atoms with Crippen molar-refractivity contribution in [2.75, 3.05) is 0 Å². The summed E-state index contributed by atoms with van der Waals surface area (Å²) >= 11 is 1.85. The summed E-state index contributed by atoms with van der Waals surface area (Å²) in [4.78, 5) is 9.07. The second-order valence-electron chi connectivity index (χ2n) is 7.93. The van der Waals surface area contributed by atoms with Crippen LogP contribution in [-0.2, 0) is 0 Å². The molecule has 0 aliphatic rings. The number of hydrogen-bond donors (Lipinski definition) is 0. The minimum absolute atomic E-state index is 1.05. The molecule has 0 amide bonds. The number of nitrogens with zero attached hydrogens (tertiary/aromatic N) is 3. The fraction of sp³-hybridized carbons (Fsp3) is 0. The first-order valence-electron chi connectivity index (χ1n) is 10.6. The molecule has 0 aliphatic heterocycles. The van der Waals surface area contributed by atoms with Crippen molar-refractivity contribution in [3.8, 4) is 16.8 Å². The van der Waals surface area contributed by atoms with Crippen molar-refractivity contribution in [3.63, 3.8) is 0 Å². The predicted molar refractivity (Wildman–Crippen MR) is 135 cm³/mol. The predicted octanol–water partition coefficient (Wildman–Crippen LogP) is 7.61. The van der Waals surface area contributed by atoms with Gasteiger partial charge in [-0.2, -0.15) is 0 Å². The second kappa shape index (κ2) is 6.74. The monoisotopic (exact) mass is 427 g/mol. The summed E-state index contributed by atoms with van der Waals surface area (Å²) in [6.45, 7) is 0. The SMILES string of the molecule is c1cncc(-c2ccc(-n3c4cccnc4c4c5sc6ccccc6c5ccc43)cc2)c1. The first-order chi connectivity index (χ1) is 15.9. The number of pyridine rings is 2. The van der Waals surface area contributed by atoms with Gasteiger partial charge in [0.25, 0.3) is 0 Å². The molecule has 0 saturated carbocycles. The van der Waals surface area contributed by atoms with Crippen molar-refractivity contribution in [3.05, 3.63) is 104 Å². The molecule has 0 N–H and O–H groups in total. The normalized spacial score (nSPS) is 11.8. The fourth-order valence-corrected chi connectivity index (χ4v) is 5.95. The summed E-state index contributed by atoms with van der Waals surface area (Å²) in [5.74, 6) is 0. The van der Waals surface area contributed by atoms with Crippen molar-refractivity contribution >= 4 is 53.4 Å². The Hall–Kier alpha value is -4.02. The maximum absolute atomic E-state index is 4.82. The Balaban J connectivity index is 1.53. The maximum atomic E-state index is 4.82. The van der Waals surface area contributed by atoms with Gasteiger partial charge in [-0.05, 0) is 53.6 Å². The van der Waals surface area contributed by atoms with Crippen LogP contribution in [0.5, 0.6) is 0 Å². The Kier molecular flexibility index (Phi) is 3.72. The molecular formula is C28H17N3S. The van der Waals surface area contributed by atoms with Crippen LogP contribution >= 0.6 is 11.3 Å². The third kappa shape index (κ3) is 2.47. The van der Waals surface area contributed by atoms with E-state index in [-0.39, 0.29) is 0 Å². The molecule has 0 bridgehead atoms. The minimum Gasteiger partial charge on any atom is -0.308 e. The smallest absolute Gasteiger partial charge is 0.0977 e. The van der Waals surface area contributed by atoms with Gasteiger partial charge in [0.1, 0.15) is 0 Å². The summed E-state index contributed by atoms with van der Waals surface area (Å²) in [7, 11) is 0. The van der Waals surface area contributed by atoms with Gasteiger partial charge in [-0.25, -0.2) is 0 Å². The van der Waals surface area contributed by atoms with Crippen molar-refractivity contribution in [1.82, 2.24) is 14.5 Å². The average molecular weight is 428 g/mol. The van der Waals surface area contributed by atoms with E-state index in [2.05, 4.69) is 82.3 Å². The van der Waals surface area contributed by atoms with Crippen LogP contribution in [0.25, 0.3) is 58.9 Å². The summed E-state index contributed by atoms with van der Waals surface area (Å²) < 4.78 is 4.94. The van der Waals surface area contributed by atoms with E-state index in [1.54, 1.807) is 6.20 Å². The van der Waals surface area contributed by atoms with Gasteiger partial charge >= 0.3 is 0 Å². The molecule has 0 unspecified atom stereocenters. The van der Waals surface area contributed by atoms with Crippen molar-refractivity contribution in [1.29, 1.82) is 0 Å². The van der Waals surface area contributed by atoms with Gasteiger partial charge in [0.05, 0.1) is 16.6 Å². The molecule has 0 fully saturated rings. The molecule has 32 heavy (non-hydrogen) atoms. The van der Waals surface area contributed by atoms with Gasteiger partial charge in [-0.3, -0.25) is 9.97 Å². The summed E-state index contributed by atoms with van der Waals surface area (Å²) in [6.07, 6.45) is 5.60. The van der Waals surface area contributed by atoms with Gasteiger partial charge < -0.3 is 4.57 Å². The molecule has 150 valence electrons. The molecule has 4 heteroatoms. The van der Waals surface area contributed by atoms with E-state index in [1.165, 1.54) is 31.1 Å². The van der Waals surface area contributed by atoms with Crippen LogP contribution in [0.2, 0.25) is 0 Å². The van der Waals surface area contributed by atoms with E-state index in [0.29, 0.717) is 0 Å². The number of thiophene rings is 1. The first-order valence-corrected chi connectivity index (χ1v) is 11.4. The lowest BCUT2D eigenvalue weighted by atomic mass is 10.1. The Labute approximate surface area is 188 Å². The van der Waals surface area contributed by atoms with Crippen LogP contribution in [0.4, 0.5) is 0 Å². The lowest BCUT2D eigenvalue weighted by molar-refractivity contribution is 1.18. The van der Waals surface area contributed by atoms with Gasteiger partial charge in [-0.1, -0.05) is 42.5 Å². The highest BCUT2D eigenvalue weighted by Gasteiger charge is 2.18. The highest BCUT2D eigenvalue weighted by molar-refractivity contribution is 7.26. The van der Waals surface area contributed by atoms with Crippen LogP contribution in [0.15, 0.2) is 104 Å². The number of hydrogen-bond acceptors (Lipinski definition) is 3. The van der Waals surface area contributed by atoms with Crippen LogP contribution in [0.3, 0.4) is 0 Å². The first kappa shape index (κ1) is 17.6. The minimum atomic E-state index is 1.05. The van der Waals surface area contributed by atoms with Crippen molar-refractivity contribution < 1.29 is 0 Å². The van der Waals surface area contributed by atoms with E-state index in [9.17, 15) is 0 Å². The van der Waals surface area contributed by atoms with Gasteiger partial charge in [-0.15, -0.1) is 11.3 Å². The van der Waals surface area contributed by atoms with Crippen molar-refractivity contribution in [2.45, 2.75) is 0 Å². The molecule has 0 atom stereocenters. The Morgan fingerprint density at radius 3 is 2.41 bits per heavy atom. The number of fused-ring (bicyclic) bond motifs is 7. The highest BCUT2D eigenvalue weighted by Crippen LogP contribution is 2.42. The molecule has 7 aromatic rings. The van der Waals surface area contributed by atoms with Crippen LogP contribution in [0, 0.1) is 0 Å². The number of rotatable bonds is 2. The average Bonchev–Trinajstić information content (AvgIpc) is 3.40. The van der Waals surface area contributed by atoms with E-state index in [0.717, 1.165) is 27.8 Å². The summed E-state index contributed by atoms with van der Waals surface area (Å²) in [5.41, 5.74) is 6.78. The zero-order valence-corrected chi connectivity index (χ0v) is 17.9. The molecule has 0 saturated heterocycles. The molecule has 0 aliphatic carbocycles. The van der Waals surface area contributed by atoms with Gasteiger partial charge in [0.15, 0.2) is 0 Å². The van der Waals surface area contributed by atoms with Crippen molar-refractivity contribution in [2.24, 2.45) is 0 Å². The molecule has 0 spiro atoms. The Morgan fingerprint density at radius 1 is 0.656 bits per heavy atom. The quantitative estimate of drug-likeness (QED) is 0.284. The third-order valence-electron chi connectivity index (χ3n) is 6.15. The molecule has 4 heterocycles. The van der Waals surface area contributed by atoms with E-state index in [1.807, 2.05) is 35.9 Å². The van der Waals surface area contributed by atoms with Gasteiger partial charge in [0, 0.05) is 49.8 Å². The van der Waals surface area contributed by atoms with Crippen LogP contribution in [0.1, 0.15) is 0 Å². The zero-order chi connectivity index (χ0) is 21.1. The molecule has 0 radical (unpaired) electrons.